The SMILES string of the molecule is CC[C@H]1OC(=O)[C@H](C)C(=O)[C@H](C)[C@@H](O[C@@H]2O[C@H](C)C[C@@H](N(C)C)[C@H]2O)[C@](C)(OC)C[C@@H](C)C(=O)N[C@H](C)C(=O)[C@@H]1O. The molecule has 41 heavy (non-hydrogen) atoms. The number of methoxy groups -OCH3 is 1. The Labute approximate surface area is 243 Å². The van der Waals surface area contributed by atoms with Gasteiger partial charge >= 0.3 is 5.97 Å². The summed E-state index contributed by atoms with van der Waals surface area (Å²) >= 11 is 0. The van der Waals surface area contributed by atoms with Gasteiger partial charge in [0.05, 0.1) is 23.9 Å². The summed E-state index contributed by atoms with van der Waals surface area (Å²) < 4.78 is 23.8. The van der Waals surface area contributed by atoms with Crippen molar-refractivity contribution in [2.75, 3.05) is 21.2 Å². The van der Waals surface area contributed by atoms with Crippen LogP contribution in [-0.2, 0) is 38.1 Å². The number of ether oxygens (including phenoxy) is 4. The maximum absolute atomic E-state index is 13.7. The number of nitrogens with zero attached hydrogens (tertiary/aromatic N) is 1. The summed E-state index contributed by atoms with van der Waals surface area (Å²) in [4.78, 5) is 54.8. The lowest BCUT2D eigenvalue weighted by Gasteiger charge is -2.46. The summed E-state index contributed by atoms with van der Waals surface area (Å²) in [6, 6.07) is -1.34. The topological polar surface area (TPSA) is 161 Å². The predicted molar refractivity (Wildman–Crippen MR) is 149 cm³/mol. The first kappa shape index (κ1) is 35.2. The number of hydrogen-bond acceptors (Lipinski definition) is 11. The number of esters is 1. The number of rotatable bonds is 5. The molecule has 2 heterocycles. The molecule has 236 valence electrons. The monoisotopic (exact) mass is 586 g/mol. The van der Waals surface area contributed by atoms with E-state index in [1.54, 1.807) is 27.7 Å². The molecule has 12 heteroatoms. The first-order chi connectivity index (χ1) is 19.0. The molecule has 0 radical (unpaired) electrons. The second-order valence-corrected chi connectivity index (χ2v) is 12.1. The zero-order valence-corrected chi connectivity index (χ0v) is 26.1. The largest absolute Gasteiger partial charge is 0.459 e. The second-order valence-electron chi connectivity index (χ2n) is 12.1. The van der Waals surface area contributed by atoms with Gasteiger partial charge in [-0.05, 0) is 61.1 Å². The van der Waals surface area contributed by atoms with E-state index >= 15 is 0 Å². The number of likely N-dealkylation sites (N-methyl/N-ethyl adjacent to an activating group) is 1. The van der Waals surface area contributed by atoms with Crippen LogP contribution >= 0.6 is 0 Å². The quantitative estimate of drug-likeness (QED) is 0.309. The van der Waals surface area contributed by atoms with E-state index in [-0.39, 0.29) is 25.0 Å². The third-order valence-electron chi connectivity index (χ3n) is 8.57. The van der Waals surface area contributed by atoms with Gasteiger partial charge in [-0.2, -0.15) is 0 Å². The number of aliphatic hydroxyl groups is 2. The number of carbonyl (C=O) groups is 4. The zero-order valence-electron chi connectivity index (χ0n) is 26.1. The average molecular weight is 587 g/mol. The highest BCUT2D eigenvalue weighted by molar-refractivity contribution is 6.00. The van der Waals surface area contributed by atoms with E-state index in [9.17, 15) is 29.4 Å². The van der Waals surface area contributed by atoms with Crippen molar-refractivity contribution in [3.8, 4) is 0 Å². The summed E-state index contributed by atoms with van der Waals surface area (Å²) in [5.74, 6) is -5.55. The van der Waals surface area contributed by atoms with Crippen molar-refractivity contribution in [3.05, 3.63) is 0 Å². The Kier molecular flexibility index (Phi) is 12.4. The lowest BCUT2D eigenvalue weighted by atomic mass is 9.78. The van der Waals surface area contributed by atoms with Crippen molar-refractivity contribution < 1.29 is 48.3 Å². The lowest BCUT2D eigenvalue weighted by Crippen LogP contribution is -2.59. The van der Waals surface area contributed by atoms with Crippen LogP contribution in [0.1, 0.15) is 67.7 Å². The van der Waals surface area contributed by atoms with Gasteiger partial charge in [-0.25, -0.2) is 0 Å². The van der Waals surface area contributed by atoms with E-state index in [0.717, 1.165) is 0 Å². The number of amides is 1. The molecule has 0 unspecified atom stereocenters. The fraction of sp³-hybridized carbons (Fsp3) is 0.862. The van der Waals surface area contributed by atoms with Crippen LogP contribution in [0.4, 0.5) is 0 Å². The number of nitrogens with one attached hydrogen (secondary N) is 1. The minimum absolute atomic E-state index is 0.0625. The molecule has 2 aliphatic rings. The number of ketones is 2. The van der Waals surface area contributed by atoms with Crippen LogP contribution in [0.25, 0.3) is 0 Å². The molecule has 0 aliphatic carbocycles. The molecule has 12 atom stereocenters. The van der Waals surface area contributed by atoms with Gasteiger partial charge in [-0.3, -0.25) is 19.2 Å². The molecule has 0 aromatic heterocycles. The molecule has 0 aromatic carbocycles. The molecule has 2 aliphatic heterocycles. The molecule has 3 N–H and O–H groups in total. The Morgan fingerprint density at radius 1 is 1.05 bits per heavy atom. The molecule has 2 fully saturated rings. The van der Waals surface area contributed by atoms with Crippen molar-refractivity contribution in [1.29, 1.82) is 0 Å². The Balaban J connectivity index is 2.57. The van der Waals surface area contributed by atoms with Crippen LogP contribution < -0.4 is 5.32 Å². The fourth-order valence-corrected chi connectivity index (χ4v) is 5.75. The molecule has 0 aromatic rings. The van der Waals surface area contributed by atoms with Crippen molar-refractivity contribution in [1.82, 2.24) is 10.2 Å². The molecule has 0 spiro atoms. The van der Waals surface area contributed by atoms with Crippen LogP contribution in [0.3, 0.4) is 0 Å². The van der Waals surface area contributed by atoms with Crippen molar-refractivity contribution in [2.24, 2.45) is 17.8 Å². The van der Waals surface area contributed by atoms with E-state index in [2.05, 4.69) is 5.32 Å². The summed E-state index contributed by atoms with van der Waals surface area (Å²) in [5.41, 5.74) is -1.27. The van der Waals surface area contributed by atoms with Gasteiger partial charge < -0.3 is 39.4 Å². The number of Topliss-reactive ketones (excluding diaryl/α,β-unsaturated/α-hetero) is 2. The summed E-state index contributed by atoms with van der Waals surface area (Å²) in [5, 5.41) is 24.4. The van der Waals surface area contributed by atoms with Gasteiger partial charge in [-0.15, -0.1) is 0 Å². The Hall–Kier alpha value is -1.96. The minimum Gasteiger partial charge on any atom is -0.459 e. The van der Waals surface area contributed by atoms with Crippen LogP contribution in [0.5, 0.6) is 0 Å². The number of hydrogen-bond donors (Lipinski definition) is 3. The summed E-state index contributed by atoms with van der Waals surface area (Å²) in [6.45, 7) is 11.3. The number of carbonyl (C=O) groups excluding carboxylic acids is 4. The minimum atomic E-state index is -1.68. The molecule has 2 saturated heterocycles. The Bertz CT molecular complexity index is 945. The molecule has 0 bridgehead atoms. The van der Waals surface area contributed by atoms with Gasteiger partial charge in [0.1, 0.15) is 18.1 Å². The lowest BCUT2D eigenvalue weighted by molar-refractivity contribution is -0.295. The first-order valence-electron chi connectivity index (χ1n) is 14.5. The van der Waals surface area contributed by atoms with Crippen molar-refractivity contribution in [2.45, 2.75) is 122 Å². The number of cyclic esters (lactones) is 1. The van der Waals surface area contributed by atoms with E-state index in [1.807, 2.05) is 25.9 Å². The van der Waals surface area contributed by atoms with Crippen LogP contribution in [-0.4, -0.2) is 114 Å². The maximum atomic E-state index is 13.7. The maximum Gasteiger partial charge on any atom is 0.316 e. The van der Waals surface area contributed by atoms with Crippen LogP contribution in [0.15, 0.2) is 0 Å². The third-order valence-corrected chi connectivity index (χ3v) is 8.57. The van der Waals surface area contributed by atoms with Gasteiger partial charge in [0.15, 0.2) is 24.0 Å². The highest BCUT2D eigenvalue weighted by Crippen LogP contribution is 2.36. The second kappa shape index (κ2) is 14.5. The highest BCUT2D eigenvalue weighted by Gasteiger charge is 2.49. The average Bonchev–Trinajstić information content (AvgIpc) is 2.92. The molecule has 12 nitrogen and oxygen atoms in total. The van der Waals surface area contributed by atoms with Gasteiger partial charge in [-0.1, -0.05) is 20.8 Å². The Morgan fingerprint density at radius 2 is 1.66 bits per heavy atom. The van der Waals surface area contributed by atoms with E-state index < -0.39 is 83.5 Å². The number of aliphatic hydroxyl groups excluding tert-OH is 2. The predicted octanol–water partition coefficient (Wildman–Crippen LogP) is 0.840. The Morgan fingerprint density at radius 3 is 2.20 bits per heavy atom. The standard InChI is InChI=1S/C29H50N2O10/c1-11-20-24(35)22(33)18(6)30-26(36)14(2)13-29(7,38-10)25(16(4)21(32)17(5)27(37)40-20)41-28-23(34)19(31(8)9)12-15(3)39-28/h14-20,23-25,28,34-35H,11-13H2,1-10H3,(H,30,36)/t14-,15-,16+,17-,18-,19-,20-,23-,24-,25-,28+,29-/m1/s1. The summed E-state index contributed by atoms with van der Waals surface area (Å²) in [6.07, 6.45) is -5.63. The van der Waals surface area contributed by atoms with Crippen molar-refractivity contribution in [3.63, 3.8) is 0 Å². The van der Waals surface area contributed by atoms with Gasteiger partial charge in [0.25, 0.3) is 0 Å². The van der Waals surface area contributed by atoms with Gasteiger partial charge in [0, 0.05) is 25.0 Å². The van der Waals surface area contributed by atoms with Crippen molar-refractivity contribution >= 4 is 23.4 Å². The molecule has 2 rings (SSSR count). The van der Waals surface area contributed by atoms with E-state index in [1.165, 1.54) is 21.0 Å². The third kappa shape index (κ3) is 8.11. The fourth-order valence-electron chi connectivity index (χ4n) is 5.75. The highest BCUT2D eigenvalue weighted by atomic mass is 16.7. The van der Waals surface area contributed by atoms with Crippen LogP contribution in [0, 0.1) is 17.8 Å². The molecular weight excluding hydrogens is 536 g/mol. The molecule has 0 saturated carbocycles. The molecular formula is C29H50N2O10. The van der Waals surface area contributed by atoms with E-state index in [0.29, 0.717) is 6.42 Å². The normalized spacial score (nSPS) is 42.3. The smallest absolute Gasteiger partial charge is 0.316 e. The van der Waals surface area contributed by atoms with Crippen LogP contribution in [0.2, 0.25) is 0 Å². The summed E-state index contributed by atoms with van der Waals surface area (Å²) in [7, 11) is 5.12. The van der Waals surface area contributed by atoms with E-state index in [4.69, 9.17) is 18.9 Å². The zero-order chi connectivity index (χ0) is 31.4. The first-order valence-corrected chi connectivity index (χ1v) is 14.5. The van der Waals surface area contributed by atoms with Gasteiger partial charge in [0.2, 0.25) is 5.91 Å². The molecule has 1 amide bonds.